The second kappa shape index (κ2) is 5.35. The minimum atomic E-state index is -0.475. The number of rotatable bonds is 4. The monoisotopic (exact) mass is 272 g/mol. The van der Waals surface area contributed by atoms with Gasteiger partial charge in [-0.25, -0.2) is 4.98 Å². The van der Waals surface area contributed by atoms with Crippen LogP contribution in [0.1, 0.15) is 11.3 Å². The Morgan fingerprint density at radius 1 is 1.35 bits per heavy atom. The highest BCUT2D eigenvalue weighted by atomic mass is 16.6. The van der Waals surface area contributed by atoms with E-state index in [0.29, 0.717) is 11.3 Å². The third-order valence-electron chi connectivity index (χ3n) is 2.70. The molecule has 0 amide bonds. The van der Waals surface area contributed by atoms with Crippen molar-refractivity contribution in [1.29, 1.82) is 5.41 Å². The molecular weight excluding hydrogens is 260 g/mol. The first-order chi connectivity index (χ1) is 9.50. The molecule has 0 saturated carbocycles. The number of nitrogen functional groups attached to an aromatic ring is 1. The lowest BCUT2D eigenvalue weighted by Crippen LogP contribution is -2.14. The van der Waals surface area contributed by atoms with Crippen molar-refractivity contribution in [3.8, 4) is 11.5 Å². The minimum absolute atomic E-state index is 0.0317. The Morgan fingerprint density at radius 2 is 2.05 bits per heavy atom. The molecule has 0 radical (unpaired) electrons. The molecule has 7 nitrogen and oxygen atoms in total. The predicted molar refractivity (Wildman–Crippen MR) is 73.2 cm³/mol. The van der Waals surface area contributed by atoms with Gasteiger partial charge in [-0.15, -0.1) is 0 Å². The summed E-state index contributed by atoms with van der Waals surface area (Å²) in [4.78, 5) is 14.4. The fourth-order valence-electron chi connectivity index (χ4n) is 1.70. The SMILES string of the molecule is Cc1c(Oc2cccnc2C(=N)N)cccc1[N+](=O)[O-]. The average Bonchev–Trinajstić information content (AvgIpc) is 2.41. The van der Waals surface area contributed by atoms with Crippen molar-refractivity contribution in [2.24, 2.45) is 5.73 Å². The zero-order chi connectivity index (χ0) is 14.7. The molecule has 3 N–H and O–H groups in total. The molecule has 102 valence electrons. The van der Waals surface area contributed by atoms with Crippen LogP contribution in [-0.4, -0.2) is 15.7 Å². The number of nitrogens with two attached hydrogens (primary N) is 1. The van der Waals surface area contributed by atoms with Crippen LogP contribution in [0.15, 0.2) is 36.5 Å². The number of amidine groups is 1. The molecule has 0 atom stereocenters. The van der Waals surface area contributed by atoms with Gasteiger partial charge in [-0.3, -0.25) is 15.5 Å². The Balaban J connectivity index is 2.43. The second-order valence-electron chi connectivity index (χ2n) is 4.02. The van der Waals surface area contributed by atoms with E-state index in [9.17, 15) is 10.1 Å². The van der Waals surface area contributed by atoms with Crippen LogP contribution in [0.3, 0.4) is 0 Å². The summed E-state index contributed by atoms with van der Waals surface area (Å²) >= 11 is 0. The standard InChI is InChI=1S/C13H12N4O3/c1-8-9(17(18)19)4-2-5-10(8)20-11-6-3-7-16-12(11)13(14)15/h2-7H,1H3,(H3,14,15). The van der Waals surface area contributed by atoms with Gasteiger partial charge in [0.25, 0.3) is 5.69 Å². The summed E-state index contributed by atoms with van der Waals surface area (Å²) in [6.45, 7) is 1.59. The van der Waals surface area contributed by atoms with E-state index in [0.717, 1.165) is 0 Å². The van der Waals surface area contributed by atoms with E-state index in [1.54, 1.807) is 25.1 Å². The number of aromatic nitrogens is 1. The van der Waals surface area contributed by atoms with Gasteiger partial charge < -0.3 is 10.5 Å². The fourth-order valence-corrected chi connectivity index (χ4v) is 1.70. The van der Waals surface area contributed by atoms with Crippen molar-refractivity contribution in [3.63, 3.8) is 0 Å². The van der Waals surface area contributed by atoms with Crippen LogP contribution in [0.4, 0.5) is 5.69 Å². The highest BCUT2D eigenvalue weighted by Crippen LogP contribution is 2.31. The molecule has 0 saturated heterocycles. The van der Waals surface area contributed by atoms with Crippen LogP contribution in [0.5, 0.6) is 11.5 Å². The van der Waals surface area contributed by atoms with Gasteiger partial charge in [0.15, 0.2) is 5.75 Å². The van der Waals surface area contributed by atoms with Crippen LogP contribution in [-0.2, 0) is 0 Å². The number of hydrogen-bond acceptors (Lipinski definition) is 5. The number of nitrogens with one attached hydrogen (secondary N) is 1. The largest absolute Gasteiger partial charge is 0.454 e. The van der Waals surface area contributed by atoms with Gasteiger partial charge in [0, 0.05) is 12.3 Å². The summed E-state index contributed by atoms with van der Waals surface area (Å²) in [5.41, 5.74) is 5.98. The fraction of sp³-hybridized carbons (Fsp3) is 0.0769. The number of nitro groups is 1. The highest BCUT2D eigenvalue weighted by Gasteiger charge is 2.16. The molecule has 1 heterocycles. The van der Waals surface area contributed by atoms with E-state index >= 15 is 0 Å². The summed E-state index contributed by atoms with van der Waals surface area (Å²) in [7, 11) is 0. The van der Waals surface area contributed by atoms with E-state index in [2.05, 4.69) is 4.98 Å². The molecular formula is C13H12N4O3. The van der Waals surface area contributed by atoms with Crippen molar-refractivity contribution in [3.05, 3.63) is 57.9 Å². The number of hydrogen-bond donors (Lipinski definition) is 2. The molecule has 0 spiro atoms. The van der Waals surface area contributed by atoms with Crippen molar-refractivity contribution in [2.75, 3.05) is 0 Å². The normalized spacial score (nSPS) is 10.1. The average molecular weight is 272 g/mol. The number of ether oxygens (including phenoxy) is 1. The third-order valence-corrected chi connectivity index (χ3v) is 2.70. The lowest BCUT2D eigenvalue weighted by atomic mass is 10.2. The lowest BCUT2D eigenvalue weighted by Gasteiger charge is -2.11. The topological polar surface area (TPSA) is 115 Å². The summed E-state index contributed by atoms with van der Waals surface area (Å²) in [6, 6.07) is 7.78. The summed E-state index contributed by atoms with van der Waals surface area (Å²) in [6.07, 6.45) is 1.49. The van der Waals surface area contributed by atoms with Crippen molar-refractivity contribution in [2.45, 2.75) is 6.92 Å². The second-order valence-corrected chi connectivity index (χ2v) is 4.02. The molecule has 7 heteroatoms. The van der Waals surface area contributed by atoms with Gasteiger partial charge in [-0.05, 0) is 25.1 Å². The van der Waals surface area contributed by atoms with E-state index in [1.807, 2.05) is 0 Å². The maximum Gasteiger partial charge on any atom is 0.276 e. The van der Waals surface area contributed by atoms with Crippen LogP contribution >= 0.6 is 0 Å². The molecule has 0 unspecified atom stereocenters. The Morgan fingerprint density at radius 3 is 2.70 bits per heavy atom. The minimum Gasteiger partial charge on any atom is -0.454 e. The molecule has 0 fully saturated rings. The molecule has 1 aromatic heterocycles. The van der Waals surface area contributed by atoms with Gasteiger partial charge in [0.1, 0.15) is 17.3 Å². The van der Waals surface area contributed by atoms with Crippen molar-refractivity contribution >= 4 is 11.5 Å². The molecule has 0 bridgehead atoms. The van der Waals surface area contributed by atoms with Gasteiger partial charge in [0.05, 0.1) is 10.5 Å². The zero-order valence-corrected chi connectivity index (χ0v) is 10.7. The van der Waals surface area contributed by atoms with Gasteiger partial charge >= 0.3 is 0 Å². The van der Waals surface area contributed by atoms with Gasteiger partial charge in [0.2, 0.25) is 0 Å². The summed E-state index contributed by atoms with van der Waals surface area (Å²) < 4.78 is 5.60. The first-order valence-corrected chi connectivity index (χ1v) is 5.72. The first kappa shape index (κ1) is 13.5. The Bertz CT molecular complexity index is 685. The number of nitro benzene ring substituents is 1. The maximum atomic E-state index is 10.9. The zero-order valence-electron chi connectivity index (χ0n) is 10.7. The van der Waals surface area contributed by atoms with Gasteiger partial charge in [-0.1, -0.05) is 6.07 Å². The lowest BCUT2D eigenvalue weighted by molar-refractivity contribution is -0.385. The molecule has 0 aliphatic heterocycles. The molecule has 2 rings (SSSR count). The van der Waals surface area contributed by atoms with E-state index in [1.165, 1.54) is 18.3 Å². The molecule has 2 aromatic rings. The van der Waals surface area contributed by atoms with Crippen molar-refractivity contribution < 1.29 is 9.66 Å². The summed E-state index contributed by atoms with van der Waals surface area (Å²) in [5.74, 6) is 0.377. The molecule has 1 aromatic carbocycles. The smallest absolute Gasteiger partial charge is 0.276 e. The number of pyridine rings is 1. The van der Waals surface area contributed by atoms with Gasteiger partial charge in [-0.2, -0.15) is 0 Å². The Hall–Kier alpha value is -2.96. The maximum absolute atomic E-state index is 10.9. The van der Waals surface area contributed by atoms with E-state index in [-0.39, 0.29) is 23.0 Å². The van der Waals surface area contributed by atoms with Crippen LogP contribution < -0.4 is 10.5 Å². The van der Waals surface area contributed by atoms with Crippen LogP contribution in [0.25, 0.3) is 0 Å². The number of benzene rings is 1. The third kappa shape index (κ3) is 2.56. The quantitative estimate of drug-likeness (QED) is 0.383. The highest BCUT2D eigenvalue weighted by molar-refractivity contribution is 5.95. The van der Waals surface area contributed by atoms with Crippen LogP contribution in [0, 0.1) is 22.4 Å². The molecule has 0 aliphatic carbocycles. The predicted octanol–water partition coefficient (Wildman–Crippen LogP) is 2.37. The Kier molecular flexibility index (Phi) is 3.60. The van der Waals surface area contributed by atoms with Crippen LogP contribution in [0.2, 0.25) is 0 Å². The Labute approximate surface area is 114 Å². The van der Waals surface area contributed by atoms with E-state index in [4.69, 9.17) is 15.9 Å². The first-order valence-electron chi connectivity index (χ1n) is 5.72. The molecule has 20 heavy (non-hydrogen) atoms. The van der Waals surface area contributed by atoms with Crippen molar-refractivity contribution in [1.82, 2.24) is 4.98 Å². The summed E-state index contributed by atoms with van der Waals surface area (Å²) in [5, 5.41) is 18.3. The number of nitrogens with zero attached hydrogens (tertiary/aromatic N) is 2. The van der Waals surface area contributed by atoms with E-state index < -0.39 is 4.92 Å². The molecule has 0 aliphatic rings.